The van der Waals surface area contributed by atoms with Crippen LogP contribution in [-0.4, -0.2) is 24.8 Å². The number of rotatable bonds is 5. The lowest BCUT2D eigenvalue weighted by molar-refractivity contribution is -0.0247. The Morgan fingerprint density at radius 3 is 2.06 bits per heavy atom. The van der Waals surface area contributed by atoms with Crippen molar-refractivity contribution in [2.75, 3.05) is 13.2 Å². The van der Waals surface area contributed by atoms with Gasteiger partial charge in [-0.15, -0.1) is 0 Å². The van der Waals surface area contributed by atoms with Crippen LogP contribution in [0.3, 0.4) is 0 Å². The van der Waals surface area contributed by atoms with Crippen LogP contribution in [0.1, 0.15) is 52.4 Å². The number of ether oxygens (including phenoxy) is 1. The van der Waals surface area contributed by atoms with E-state index in [1.165, 1.54) is 38.5 Å². The molecule has 17 heavy (non-hydrogen) atoms. The normalized spacial score (nSPS) is 43.6. The summed E-state index contributed by atoms with van der Waals surface area (Å²) in [6, 6.07) is 0. The van der Waals surface area contributed by atoms with Gasteiger partial charge < -0.3 is 10.1 Å². The quantitative estimate of drug-likeness (QED) is 0.742. The van der Waals surface area contributed by atoms with Crippen molar-refractivity contribution in [3.05, 3.63) is 0 Å². The minimum Gasteiger partial charge on any atom is -0.377 e. The van der Waals surface area contributed by atoms with Crippen LogP contribution in [0, 0.1) is 17.8 Å². The molecule has 2 nitrogen and oxygen atoms in total. The molecular formula is C15H27NO. The van der Waals surface area contributed by atoms with Gasteiger partial charge >= 0.3 is 0 Å². The summed E-state index contributed by atoms with van der Waals surface area (Å²) in [5, 5.41) is 3.86. The molecule has 0 saturated heterocycles. The van der Waals surface area contributed by atoms with Crippen molar-refractivity contribution in [1.29, 1.82) is 0 Å². The van der Waals surface area contributed by atoms with Gasteiger partial charge in [0, 0.05) is 12.1 Å². The molecule has 4 saturated carbocycles. The zero-order valence-corrected chi connectivity index (χ0v) is 11.4. The summed E-state index contributed by atoms with van der Waals surface area (Å²) in [6.45, 7) is 6.15. The van der Waals surface area contributed by atoms with Gasteiger partial charge in [0.15, 0.2) is 0 Å². The first-order chi connectivity index (χ1) is 8.15. The summed E-state index contributed by atoms with van der Waals surface area (Å²) in [4.78, 5) is 0. The molecule has 1 N–H and O–H groups in total. The van der Waals surface area contributed by atoms with Crippen molar-refractivity contribution in [3.63, 3.8) is 0 Å². The third-order valence-electron chi connectivity index (χ3n) is 5.09. The highest BCUT2D eigenvalue weighted by Gasteiger charge is 2.50. The van der Waals surface area contributed by atoms with E-state index in [1.807, 2.05) is 0 Å². The Morgan fingerprint density at radius 2 is 1.59 bits per heavy atom. The topological polar surface area (TPSA) is 21.3 Å². The smallest absolute Gasteiger partial charge is 0.0594 e. The number of hydrogen-bond acceptors (Lipinski definition) is 2. The highest BCUT2D eigenvalue weighted by atomic mass is 16.5. The largest absolute Gasteiger partial charge is 0.377 e. The molecule has 0 amide bonds. The van der Waals surface area contributed by atoms with Crippen LogP contribution in [-0.2, 0) is 4.74 Å². The van der Waals surface area contributed by atoms with Crippen molar-refractivity contribution >= 4 is 0 Å². The first kappa shape index (κ1) is 12.0. The van der Waals surface area contributed by atoms with Gasteiger partial charge in [-0.05, 0) is 70.1 Å². The molecule has 4 rings (SSSR count). The second-order valence-electron chi connectivity index (χ2n) is 7.04. The maximum Gasteiger partial charge on any atom is 0.0594 e. The molecule has 4 fully saturated rings. The molecule has 4 aliphatic carbocycles. The van der Waals surface area contributed by atoms with Crippen molar-refractivity contribution in [2.45, 2.75) is 64.0 Å². The highest BCUT2D eigenvalue weighted by Crippen LogP contribution is 2.55. The van der Waals surface area contributed by atoms with Gasteiger partial charge in [0.1, 0.15) is 0 Å². The molecule has 0 radical (unpaired) electrons. The third-order valence-corrected chi connectivity index (χ3v) is 5.09. The molecule has 0 aliphatic heterocycles. The first-order valence-corrected chi connectivity index (χ1v) is 7.52. The minimum atomic E-state index is 0.369. The maximum atomic E-state index is 5.64. The molecule has 98 valence electrons. The fraction of sp³-hybridized carbons (Fsp3) is 1.00. The van der Waals surface area contributed by atoms with Crippen LogP contribution in [0.2, 0.25) is 0 Å². The molecule has 4 bridgehead atoms. The summed E-state index contributed by atoms with van der Waals surface area (Å²) in [6.07, 6.45) is 9.30. The van der Waals surface area contributed by atoms with Crippen molar-refractivity contribution in [1.82, 2.24) is 5.32 Å². The average Bonchev–Trinajstić information content (AvgIpc) is 2.22. The van der Waals surface area contributed by atoms with E-state index in [2.05, 4.69) is 19.2 Å². The van der Waals surface area contributed by atoms with Gasteiger partial charge in [-0.25, -0.2) is 0 Å². The van der Waals surface area contributed by atoms with E-state index in [0.717, 1.165) is 30.9 Å². The lowest BCUT2D eigenvalue weighted by Gasteiger charge is -2.57. The van der Waals surface area contributed by atoms with E-state index in [1.54, 1.807) is 0 Å². The predicted octanol–water partition coefficient (Wildman–Crippen LogP) is 2.97. The molecule has 0 heterocycles. The van der Waals surface area contributed by atoms with Gasteiger partial charge in [0.25, 0.3) is 0 Å². The first-order valence-electron chi connectivity index (χ1n) is 7.52. The van der Waals surface area contributed by atoms with Crippen LogP contribution in [0.25, 0.3) is 0 Å². The fourth-order valence-electron chi connectivity index (χ4n) is 4.94. The standard InChI is InChI=1S/C15H27NO/c1-11(2)17-4-3-16-15-8-12-5-13(9-15)7-14(6-12)10-15/h11-14,16H,3-10H2,1-2H3. The third kappa shape index (κ3) is 2.53. The Bertz CT molecular complexity index is 239. The molecule has 2 heteroatoms. The lowest BCUT2D eigenvalue weighted by atomic mass is 9.53. The zero-order valence-electron chi connectivity index (χ0n) is 11.4. The van der Waals surface area contributed by atoms with Crippen molar-refractivity contribution in [2.24, 2.45) is 17.8 Å². The maximum absolute atomic E-state index is 5.64. The monoisotopic (exact) mass is 237 g/mol. The highest BCUT2D eigenvalue weighted by molar-refractivity contribution is 5.06. The minimum absolute atomic E-state index is 0.369. The van der Waals surface area contributed by atoms with Gasteiger partial charge in [-0.2, -0.15) is 0 Å². The zero-order chi connectivity index (χ0) is 11.9. The van der Waals surface area contributed by atoms with Crippen molar-refractivity contribution < 1.29 is 4.74 Å². The number of nitrogens with one attached hydrogen (secondary N) is 1. The lowest BCUT2D eigenvalue weighted by Crippen LogP contribution is -2.58. The van der Waals surface area contributed by atoms with Gasteiger partial charge in [-0.3, -0.25) is 0 Å². The van der Waals surface area contributed by atoms with E-state index in [0.29, 0.717) is 11.6 Å². The summed E-state index contributed by atoms with van der Waals surface area (Å²) in [5.41, 5.74) is 0.509. The SMILES string of the molecule is CC(C)OCCNC12CC3CC(CC(C3)C1)C2. The van der Waals surface area contributed by atoms with Crippen LogP contribution in [0.5, 0.6) is 0 Å². The summed E-state index contributed by atoms with van der Waals surface area (Å²) in [7, 11) is 0. The van der Waals surface area contributed by atoms with Crippen molar-refractivity contribution in [3.8, 4) is 0 Å². The molecule has 0 atom stereocenters. The van der Waals surface area contributed by atoms with E-state index < -0.39 is 0 Å². The molecule has 0 spiro atoms. The van der Waals surface area contributed by atoms with E-state index in [4.69, 9.17) is 4.74 Å². The Morgan fingerprint density at radius 1 is 1.06 bits per heavy atom. The summed E-state index contributed by atoms with van der Waals surface area (Å²) >= 11 is 0. The van der Waals surface area contributed by atoms with Gasteiger partial charge in [-0.1, -0.05) is 0 Å². The van der Waals surface area contributed by atoms with E-state index in [9.17, 15) is 0 Å². The molecule has 0 aromatic rings. The second kappa shape index (κ2) is 4.55. The van der Waals surface area contributed by atoms with Crippen LogP contribution < -0.4 is 5.32 Å². The molecular weight excluding hydrogens is 210 g/mol. The Hall–Kier alpha value is -0.0800. The summed E-state index contributed by atoms with van der Waals surface area (Å²) < 4.78 is 5.64. The molecule has 0 aromatic carbocycles. The van der Waals surface area contributed by atoms with E-state index in [-0.39, 0.29) is 0 Å². The van der Waals surface area contributed by atoms with Gasteiger partial charge in [0.2, 0.25) is 0 Å². The fourth-order valence-corrected chi connectivity index (χ4v) is 4.94. The predicted molar refractivity (Wildman–Crippen MR) is 70.0 cm³/mol. The van der Waals surface area contributed by atoms with Crippen LogP contribution in [0.15, 0.2) is 0 Å². The Labute approximate surface area is 105 Å². The Balaban J connectivity index is 1.52. The molecule has 4 aliphatic rings. The Kier molecular flexibility index (Phi) is 3.20. The number of hydrogen-bond donors (Lipinski definition) is 1. The molecule has 0 aromatic heterocycles. The molecule has 0 unspecified atom stereocenters. The summed E-state index contributed by atoms with van der Waals surface area (Å²) in [5.74, 6) is 3.12. The van der Waals surface area contributed by atoms with Crippen LogP contribution in [0.4, 0.5) is 0 Å². The average molecular weight is 237 g/mol. The second-order valence-corrected chi connectivity index (χ2v) is 7.04. The van der Waals surface area contributed by atoms with Crippen LogP contribution >= 0.6 is 0 Å². The van der Waals surface area contributed by atoms with E-state index >= 15 is 0 Å². The van der Waals surface area contributed by atoms with Gasteiger partial charge in [0.05, 0.1) is 12.7 Å².